The maximum Gasteiger partial charge on any atom is 0.421 e. The Morgan fingerprint density at radius 3 is 2.30 bits per heavy atom. The molecule has 1 aliphatic carbocycles. The van der Waals surface area contributed by atoms with Gasteiger partial charge in [0.2, 0.25) is 5.91 Å². The van der Waals surface area contributed by atoms with Gasteiger partial charge in [0.1, 0.15) is 5.56 Å². The van der Waals surface area contributed by atoms with E-state index in [9.17, 15) is 35.9 Å². The van der Waals surface area contributed by atoms with E-state index >= 15 is 0 Å². The van der Waals surface area contributed by atoms with Gasteiger partial charge in [-0.2, -0.15) is 31.4 Å². The number of alkyl halides is 6. The Morgan fingerprint density at radius 1 is 1.02 bits per heavy atom. The minimum absolute atomic E-state index is 0.0263. The SMILES string of the molecule is CC(C)(NC1CC(C(=O)N2CCN(c3ncc(C(F)(F)F)c4cc[nH]c34)CC2)C1)c1cc(C(F)(F)F)c(=O)[nH]n1. The van der Waals surface area contributed by atoms with Gasteiger partial charge in [0, 0.05) is 55.9 Å². The van der Waals surface area contributed by atoms with E-state index < -0.39 is 34.6 Å². The Balaban J connectivity index is 1.16. The molecule has 0 spiro atoms. The van der Waals surface area contributed by atoms with E-state index in [1.54, 1.807) is 18.7 Å². The number of fused-ring (bicyclic) bond motifs is 1. The molecule has 0 bridgehead atoms. The molecule has 1 saturated carbocycles. The Morgan fingerprint density at radius 2 is 1.68 bits per heavy atom. The second-order valence-corrected chi connectivity index (χ2v) is 10.7. The lowest BCUT2D eigenvalue weighted by molar-refractivity contribution is -0.140. The van der Waals surface area contributed by atoms with E-state index in [0.717, 1.165) is 12.3 Å². The number of piperazine rings is 1. The predicted molar refractivity (Wildman–Crippen MR) is 132 cm³/mol. The van der Waals surface area contributed by atoms with Gasteiger partial charge in [-0.15, -0.1) is 0 Å². The lowest BCUT2D eigenvalue weighted by Gasteiger charge is -2.43. The van der Waals surface area contributed by atoms with E-state index in [1.165, 1.54) is 12.3 Å². The number of nitrogens with one attached hydrogen (secondary N) is 3. The molecule has 216 valence electrons. The number of aromatic nitrogens is 4. The number of anilines is 1. The molecule has 1 amide bonds. The summed E-state index contributed by atoms with van der Waals surface area (Å²) in [4.78, 5) is 35.1. The lowest BCUT2D eigenvalue weighted by atomic mass is 9.77. The first kappa shape index (κ1) is 27.9. The number of rotatable bonds is 5. The van der Waals surface area contributed by atoms with Crippen LogP contribution in [-0.2, 0) is 22.7 Å². The molecular weight excluding hydrogens is 544 g/mol. The van der Waals surface area contributed by atoms with Gasteiger partial charge in [-0.05, 0) is 38.8 Å². The van der Waals surface area contributed by atoms with Crippen molar-refractivity contribution in [3.63, 3.8) is 0 Å². The molecule has 4 heterocycles. The second-order valence-electron chi connectivity index (χ2n) is 10.7. The van der Waals surface area contributed by atoms with Gasteiger partial charge in [-0.1, -0.05) is 0 Å². The van der Waals surface area contributed by atoms with Crippen LogP contribution in [0.5, 0.6) is 0 Å². The number of amides is 1. The van der Waals surface area contributed by atoms with Crippen LogP contribution in [0.1, 0.15) is 43.5 Å². The summed E-state index contributed by atoms with van der Waals surface area (Å²) < 4.78 is 79.4. The van der Waals surface area contributed by atoms with Crippen molar-refractivity contribution in [1.82, 2.24) is 30.4 Å². The summed E-state index contributed by atoms with van der Waals surface area (Å²) in [6, 6.07) is 1.97. The summed E-state index contributed by atoms with van der Waals surface area (Å²) in [5.74, 6) is 0.107. The third kappa shape index (κ3) is 5.25. The minimum atomic E-state index is -4.81. The van der Waals surface area contributed by atoms with E-state index in [4.69, 9.17) is 0 Å². The van der Waals surface area contributed by atoms with Gasteiger partial charge in [0.05, 0.1) is 22.3 Å². The molecule has 3 aromatic rings. The van der Waals surface area contributed by atoms with Crippen molar-refractivity contribution >= 4 is 22.6 Å². The Labute approximate surface area is 223 Å². The smallest absolute Gasteiger partial charge is 0.358 e. The third-order valence-electron chi connectivity index (χ3n) is 7.57. The first-order chi connectivity index (χ1) is 18.6. The fourth-order valence-electron chi connectivity index (χ4n) is 5.36. The van der Waals surface area contributed by atoms with Crippen molar-refractivity contribution in [1.29, 1.82) is 0 Å². The maximum absolute atomic E-state index is 13.3. The van der Waals surface area contributed by atoms with E-state index in [1.807, 2.05) is 10.00 Å². The van der Waals surface area contributed by atoms with E-state index in [-0.39, 0.29) is 28.9 Å². The number of carbonyl (C=O) groups is 1. The van der Waals surface area contributed by atoms with Crippen molar-refractivity contribution in [2.75, 3.05) is 31.1 Å². The number of carbonyl (C=O) groups excluding carboxylic acids is 1. The zero-order valence-electron chi connectivity index (χ0n) is 21.6. The molecule has 0 radical (unpaired) electrons. The molecule has 2 fully saturated rings. The zero-order valence-corrected chi connectivity index (χ0v) is 21.6. The van der Waals surface area contributed by atoms with Crippen molar-refractivity contribution in [2.24, 2.45) is 5.92 Å². The Kier molecular flexibility index (Phi) is 6.83. The Hall–Kier alpha value is -3.62. The van der Waals surface area contributed by atoms with Crippen LogP contribution in [0.25, 0.3) is 10.9 Å². The molecular formula is C25H27F6N7O2. The Bertz CT molecular complexity index is 1460. The summed E-state index contributed by atoms with van der Waals surface area (Å²) in [6.07, 6.45) is -6.09. The monoisotopic (exact) mass is 571 g/mol. The predicted octanol–water partition coefficient (Wildman–Crippen LogP) is 3.64. The summed E-state index contributed by atoms with van der Waals surface area (Å²) in [6.45, 7) is 4.87. The van der Waals surface area contributed by atoms with Gasteiger partial charge < -0.3 is 20.1 Å². The fraction of sp³-hybridized carbons (Fsp3) is 0.520. The molecule has 1 aliphatic heterocycles. The number of H-pyrrole nitrogens is 2. The number of nitrogens with zero attached hydrogens (tertiary/aromatic N) is 4. The van der Waals surface area contributed by atoms with Crippen LogP contribution >= 0.6 is 0 Å². The van der Waals surface area contributed by atoms with Crippen molar-refractivity contribution in [3.8, 4) is 0 Å². The highest BCUT2D eigenvalue weighted by atomic mass is 19.4. The topological polar surface area (TPSA) is 110 Å². The molecule has 3 N–H and O–H groups in total. The summed E-state index contributed by atoms with van der Waals surface area (Å²) in [5.41, 5.74) is -4.12. The largest absolute Gasteiger partial charge is 0.421 e. The quantitative estimate of drug-likeness (QED) is 0.404. The molecule has 0 atom stereocenters. The standard InChI is InChI=1S/C25H27F6N7O2/c1-23(2,18-11-16(24(26,27)28)21(39)36-35-18)34-14-9-13(10-14)22(40)38-7-5-37(6-8-38)20-19-15(3-4-32-19)17(12-33-20)25(29,30)31/h3-4,11-14,32,34H,5-10H2,1-2H3,(H,36,39). The molecule has 5 rings (SSSR count). The van der Waals surface area contributed by atoms with Crippen LogP contribution in [0.15, 0.2) is 29.3 Å². The van der Waals surface area contributed by atoms with Gasteiger partial charge in [-0.3, -0.25) is 9.59 Å². The lowest BCUT2D eigenvalue weighted by Crippen LogP contribution is -2.56. The first-order valence-corrected chi connectivity index (χ1v) is 12.7. The highest BCUT2D eigenvalue weighted by molar-refractivity contribution is 5.92. The maximum atomic E-state index is 13.3. The second kappa shape index (κ2) is 9.78. The molecule has 15 heteroatoms. The van der Waals surface area contributed by atoms with Crippen molar-refractivity contribution in [3.05, 3.63) is 51.7 Å². The highest BCUT2D eigenvalue weighted by Crippen LogP contribution is 2.38. The van der Waals surface area contributed by atoms with Gasteiger partial charge in [0.15, 0.2) is 5.82 Å². The molecule has 1 saturated heterocycles. The summed E-state index contributed by atoms with van der Waals surface area (Å²) in [5, 5.41) is 8.96. The number of halogens is 6. The number of pyridine rings is 1. The molecule has 3 aromatic heterocycles. The van der Waals surface area contributed by atoms with E-state index in [2.05, 4.69) is 20.4 Å². The highest BCUT2D eigenvalue weighted by Gasteiger charge is 2.42. The fourth-order valence-corrected chi connectivity index (χ4v) is 5.36. The van der Waals surface area contributed by atoms with Crippen LogP contribution in [0.2, 0.25) is 0 Å². The number of hydrogen-bond acceptors (Lipinski definition) is 6. The molecule has 2 aliphatic rings. The molecule has 0 aromatic carbocycles. The van der Waals surface area contributed by atoms with Crippen molar-refractivity contribution < 1.29 is 31.1 Å². The number of hydrogen-bond donors (Lipinski definition) is 3. The van der Waals surface area contributed by atoms with Crippen molar-refractivity contribution in [2.45, 2.75) is 50.6 Å². The van der Waals surface area contributed by atoms with Crippen LogP contribution in [0.4, 0.5) is 32.2 Å². The first-order valence-electron chi connectivity index (χ1n) is 12.7. The van der Waals surface area contributed by atoms with E-state index in [0.29, 0.717) is 50.4 Å². The molecule has 40 heavy (non-hydrogen) atoms. The van der Waals surface area contributed by atoms with Crippen LogP contribution < -0.4 is 15.8 Å². The average molecular weight is 572 g/mol. The van der Waals surface area contributed by atoms with Crippen LogP contribution in [-0.4, -0.2) is 63.2 Å². The normalized spacial score (nSPS) is 20.6. The molecule has 0 unspecified atom stereocenters. The third-order valence-corrected chi connectivity index (χ3v) is 7.57. The van der Waals surface area contributed by atoms with Gasteiger partial charge in [0.25, 0.3) is 5.56 Å². The average Bonchev–Trinajstić information content (AvgIpc) is 3.34. The van der Waals surface area contributed by atoms with Gasteiger partial charge in [-0.25, -0.2) is 10.1 Å². The van der Waals surface area contributed by atoms with Crippen LogP contribution in [0, 0.1) is 5.92 Å². The van der Waals surface area contributed by atoms with Gasteiger partial charge >= 0.3 is 12.4 Å². The zero-order chi connectivity index (χ0) is 29.0. The summed E-state index contributed by atoms with van der Waals surface area (Å²) in [7, 11) is 0. The minimum Gasteiger partial charge on any atom is -0.358 e. The summed E-state index contributed by atoms with van der Waals surface area (Å²) >= 11 is 0. The van der Waals surface area contributed by atoms with Crippen LogP contribution in [0.3, 0.4) is 0 Å². The number of aromatic amines is 2. The molecule has 9 nitrogen and oxygen atoms in total.